The van der Waals surface area contributed by atoms with E-state index >= 15 is 0 Å². The Labute approximate surface area is 133 Å². The van der Waals surface area contributed by atoms with Crippen LogP contribution in [0.4, 0.5) is 9.93 Å². The van der Waals surface area contributed by atoms with E-state index in [-0.39, 0.29) is 19.3 Å². The first-order chi connectivity index (χ1) is 10.6. The number of anilines is 1. The van der Waals surface area contributed by atoms with E-state index in [0.29, 0.717) is 5.13 Å². The Morgan fingerprint density at radius 2 is 2.18 bits per heavy atom. The summed E-state index contributed by atoms with van der Waals surface area (Å²) in [5.74, 6) is 0. The topological polar surface area (TPSA) is 83.5 Å². The first-order valence-corrected chi connectivity index (χ1v) is 7.82. The summed E-state index contributed by atoms with van der Waals surface area (Å²) >= 11 is 1.33. The predicted octanol–water partition coefficient (Wildman–Crippen LogP) is 2.40. The van der Waals surface area contributed by atoms with Gasteiger partial charge in [-0.3, -0.25) is 5.32 Å². The Balaban J connectivity index is 1.65. The second-order valence-corrected chi connectivity index (χ2v) is 5.61. The van der Waals surface area contributed by atoms with Gasteiger partial charge in [0, 0.05) is 18.1 Å². The van der Waals surface area contributed by atoms with Crippen LogP contribution in [0.15, 0.2) is 41.9 Å². The number of aromatic nitrogens is 1. The van der Waals surface area contributed by atoms with Crippen LogP contribution in [0.1, 0.15) is 18.6 Å². The zero-order valence-electron chi connectivity index (χ0n) is 12.2. The lowest BCUT2D eigenvalue weighted by Gasteiger charge is -2.17. The molecule has 0 saturated carbocycles. The van der Waals surface area contributed by atoms with Gasteiger partial charge in [-0.05, 0) is 12.5 Å². The highest BCUT2D eigenvalue weighted by Crippen LogP contribution is 2.15. The summed E-state index contributed by atoms with van der Waals surface area (Å²) in [4.78, 5) is 15.5. The second-order valence-electron chi connectivity index (χ2n) is 4.71. The van der Waals surface area contributed by atoms with Crippen molar-refractivity contribution < 1.29 is 14.6 Å². The van der Waals surface area contributed by atoms with Crippen LogP contribution in [0.25, 0.3) is 0 Å². The molecule has 0 bridgehead atoms. The van der Waals surface area contributed by atoms with Crippen LogP contribution >= 0.6 is 11.3 Å². The van der Waals surface area contributed by atoms with Crippen molar-refractivity contribution in [3.05, 3.63) is 47.5 Å². The number of nitrogens with zero attached hydrogens (tertiary/aromatic N) is 1. The Kier molecular flexibility index (Phi) is 6.32. The molecule has 0 spiro atoms. The third kappa shape index (κ3) is 5.44. The van der Waals surface area contributed by atoms with Crippen molar-refractivity contribution in [1.82, 2.24) is 10.3 Å². The molecule has 2 aromatic rings. The highest BCUT2D eigenvalue weighted by atomic mass is 32.1. The molecule has 0 aliphatic carbocycles. The molecule has 3 N–H and O–H groups in total. The molecule has 1 aromatic heterocycles. The summed E-state index contributed by atoms with van der Waals surface area (Å²) in [5, 5.41) is 17.3. The molecule has 0 aliphatic heterocycles. The number of carbonyl (C=O) groups excluding carboxylic acids is 1. The van der Waals surface area contributed by atoms with Crippen molar-refractivity contribution >= 4 is 22.5 Å². The summed E-state index contributed by atoms with van der Waals surface area (Å²) in [6, 6.07) is 9.36. The summed E-state index contributed by atoms with van der Waals surface area (Å²) < 4.78 is 5.60. The van der Waals surface area contributed by atoms with Gasteiger partial charge in [0.2, 0.25) is 0 Å². The van der Waals surface area contributed by atoms with Crippen LogP contribution in [0.5, 0.6) is 0 Å². The molecular weight excluding hydrogens is 302 g/mol. The first kappa shape index (κ1) is 16.4. The van der Waals surface area contributed by atoms with E-state index in [0.717, 1.165) is 5.56 Å². The molecule has 7 heteroatoms. The summed E-state index contributed by atoms with van der Waals surface area (Å²) in [6.07, 6.45) is 0.724. The molecule has 0 unspecified atom stereocenters. The zero-order chi connectivity index (χ0) is 15.8. The number of benzene rings is 1. The van der Waals surface area contributed by atoms with E-state index in [2.05, 4.69) is 15.6 Å². The molecule has 0 saturated heterocycles. The lowest BCUT2D eigenvalue weighted by molar-refractivity contribution is -0.000953. The number of nitrogens with one attached hydrogen (secondary N) is 2. The third-order valence-corrected chi connectivity index (χ3v) is 3.65. The number of carbonyl (C=O) groups is 1. The Morgan fingerprint density at radius 1 is 1.41 bits per heavy atom. The van der Waals surface area contributed by atoms with Gasteiger partial charge in [0.1, 0.15) is 0 Å². The molecular formula is C15H19N3O3S. The SMILES string of the molecule is C[C@H](OC[C@H](O)CNC(=O)Nc1nccs1)c1ccccc1. The molecule has 0 aliphatic rings. The number of hydrogen-bond donors (Lipinski definition) is 3. The van der Waals surface area contributed by atoms with E-state index in [1.807, 2.05) is 37.3 Å². The van der Waals surface area contributed by atoms with Crippen LogP contribution in [0, 0.1) is 0 Å². The van der Waals surface area contributed by atoms with Crippen LogP contribution in [0.3, 0.4) is 0 Å². The molecule has 0 fully saturated rings. The Bertz CT molecular complexity index is 563. The third-order valence-electron chi connectivity index (χ3n) is 2.96. The fourth-order valence-electron chi connectivity index (χ4n) is 1.77. The Morgan fingerprint density at radius 3 is 2.86 bits per heavy atom. The number of urea groups is 1. The molecule has 2 atom stereocenters. The Hall–Kier alpha value is -1.96. The average molecular weight is 321 g/mol. The maximum atomic E-state index is 11.6. The highest BCUT2D eigenvalue weighted by molar-refractivity contribution is 7.13. The molecule has 2 amide bonds. The van der Waals surface area contributed by atoms with Crippen molar-refractivity contribution in [2.24, 2.45) is 0 Å². The fourth-order valence-corrected chi connectivity index (χ4v) is 2.30. The van der Waals surface area contributed by atoms with E-state index in [1.54, 1.807) is 11.6 Å². The maximum absolute atomic E-state index is 11.6. The average Bonchev–Trinajstić information content (AvgIpc) is 3.04. The van der Waals surface area contributed by atoms with E-state index < -0.39 is 12.1 Å². The number of ether oxygens (including phenoxy) is 1. The first-order valence-electron chi connectivity index (χ1n) is 6.94. The molecule has 0 radical (unpaired) electrons. The molecule has 118 valence electrons. The summed E-state index contributed by atoms with van der Waals surface area (Å²) in [5.41, 5.74) is 1.05. The van der Waals surface area contributed by atoms with Crippen LogP contribution < -0.4 is 10.6 Å². The lowest BCUT2D eigenvalue weighted by atomic mass is 10.1. The van der Waals surface area contributed by atoms with Crippen LogP contribution in [-0.4, -0.2) is 35.4 Å². The minimum atomic E-state index is -0.770. The minimum absolute atomic E-state index is 0.110. The quantitative estimate of drug-likeness (QED) is 0.731. The molecule has 1 heterocycles. The number of aliphatic hydroxyl groups is 1. The second kappa shape index (κ2) is 8.47. The smallest absolute Gasteiger partial charge is 0.321 e. The largest absolute Gasteiger partial charge is 0.389 e. The number of thiazole rings is 1. The van der Waals surface area contributed by atoms with Gasteiger partial charge >= 0.3 is 6.03 Å². The van der Waals surface area contributed by atoms with Gasteiger partial charge in [-0.1, -0.05) is 30.3 Å². The normalized spacial score (nSPS) is 13.4. The van der Waals surface area contributed by atoms with Crippen LogP contribution in [-0.2, 0) is 4.74 Å². The van der Waals surface area contributed by atoms with Gasteiger partial charge in [-0.25, -0.2) is 9.78 Å². The number of amides is 2. The highest BCUT2D eigenvalue weighted by Gasteiger charge is 2.11. The molecule has 6 nitrogen and oxygen atoms in total. The number of aliphatic hydroxyl groups excluding tert-OH is 1. The van der Waals surface area contributed by atoms with Crippen molar-refractivity contribution in [2.75, 3.05) is 18.5 Å². The fraction of sp³-hybridized carbons (Fsp3) is 0.333. The van der Waals surface area contributed by atoms with E-state index in [4.69, 9.17) is 4.74 Å². The maximum Gasteiger partial charge on any atom is 0.321 e. The van der Waals surface area contributed by atoms with Crippen molar-refractivity contribution in [3.8, 4) is 0 Å². The van der Waals surface area contributed by atoms with Crippen molar-refractivity contribution in [2.45, 2.75) is 19.1 Å². The zero-order valence-corrected chi connectivity index (χ0v) is 13.0. The van der Waals surface area contributed by atoms with Crippen molar-refractivity contribution in [1.29, 1.82) is 0 Å². The lowest BCUT2D eigenvalue weighted by Crippen LogP contribution is -2.37. The molecule has 1 aromatic carbocycles. The minimum Gasteiger partial charge on any atom is -0.389 e. The standard InChI is InChI=1S/C15H19N3O3S/c1-11(12-5-3-2-4-6-12)21-10-13(19)9-17-14(20)18-15-16-7-8-22-15/h2-8,11,13,19H,9-10H2,1H3,(H2,16,17,18,20)/t11-,13+/m0/s1. The molecule has 22 heavy (non-hydrogen) atoms. The molecule has 2 rings (SSSR count). The van der Waals surface area contributed by atoms with E-state index in [1.165, 1.54) is 11.3 Å². The monoisotopic (exact) mass is 321 g/mol. The predicted molar refractivity (Wildman–Crippen MR) is 86.0 cm³/mol. The van der Waals surface area contributed by atoms with Gasteiger partial charge < -0.3 is 15.2 Å². The van der Waals surface area contributed by atoms with E-state index in [9.17, 15) is 9.90 Å². The van der Waals surface area contributed by atoms with Gasteiger partial charge in [0.25, 0.3) is 0 Å². The van der Waals surface area contributed by atoms with Crippen LogP contribution in [0.2, 0.25) is 0 Å². The van der Waals surface area contributed by atoms with Gasteiger partial charge in [0.05, 0.1) is 18.8 Å². The summed E-state index contributed by atoms with van der Waals surface area (Å²) in [6.45, 7) is 2.18. The summed E-state index contributed by atoms with van der Waals surface area (Å²) in [7, 11) is 0. The number of rotatable bonds is 7. The van der Waals surface area contributed by atoms with Gasteiger partial charge in [-0.2, -0.15) is 0 Å². The van der Waals surface area contributed by atoms with Gasteiger partial charge in [0.15, 0.2) is 5.13 Å². The van der Waals surface area contributed by atoms with Crippen molar-refractivity contribution in [3.63, 3.8) is 0 Å². The number of hydrogen-bond acceptors (Lipinski definition) is 5. The van der Waals surface area contributed by atoms with Gasteiger partial charge in [-0.15, -0.1) is 11.3 Å².